The Morgan fingerprint density at radius 2 is 1.77 bits per heavy atom. The fraction of sp³-hybridized carbons (Fsp3) is 0.100. The van der Waals surface area contributed by atoms with Gasteiger partial charge in [-0.15, -0.1) is 0 Å². The van der Waals surface area contributed by atoms with Crippen LogP contribution in [0.25, 0.3) is 22.6 Å². The summed E-state index contributed by atoms with van der Waals surface area (Å²) in [6.45, 7) is 2.13. The average molecular weight is 344 g/mol. The molecule has 0 saturated carbocycles. The standard InChI is InChI=1S/C20H16N4O2/c1-14-6-5-9-16(12-14)20-21-18(26-23-20)13-24-19(25)11-10-17(22-24)15-7-3-2-4-8-15/h2-12H,13H2,1H3. The maximum Gasteiger partial charge on any atom is 0.267 e. The molecule has 0 atom stereocenters. The maximum atomic E-state index is 12.1. The summed E-state index contributed by atoms with van der Waals surface area (Å²) in [7, 11) is 0. The van der Waals surface area contributed by atoms with Gasteiger partial charge in [0, 0.05) is 17.2 Å². The highest BCUT2D eigenvalue weighted by Crippen LogP contribution is 2.17. The SMILES string of the molecule is Cc1cccc(-c2noc(Cn3nc(-c4ccccc4)ccc3=O)n2)c1. The quantitative estimate of drug-likeness (QED) is 0.568. The van der Waals surface area contributed by atoms with Crippen molar-refractivity contribution in [2.45, 2.75) is 13.5 Å². The lowest BCUT2D eigenvalue weighted by Crippen LogP contribution is -2.23. The van der Waals surface area contributed by atoms with Gasteiger partial charge < -0.3 is 4.52 Å². The summed E-state index contributed by atoms with van der Waals surface area (Å²) < 4.78 is 6.63. The van der Waals surface area contributed by atoms with Gasteiger partial charge >= 0.3 is 0 Å². The molecule has 2 aromatic carbocycles. The summed E-state index contributed by atoms with van der Waals surface area (Å²) in [6, 6.07) is 20.7. The second-order valence-corrected chi connectivity index (χ2v) is 5.96. The van der Waals surface area contributed by atoms with Gasteiger partial charge in [-0.2, -0.15) is 10.1 Å². The van der Waals surface area contributed by atoms with Crippen LogP contribution in [0.3, 0.4) is 0 Å². The highest BCUT2D eigenvalue weighted by molar-refractivity contribution is 5.58. The zero-order valence-corrected chi connectivity index (χ0v) is 14.2. The van der Waals surface area contributed by atoms with Crippen molar-refractivity contribution in [3.05, 3.63) is 88.5 Å². The van der Waals surface area contributed by atoms with E-state index >= 15 is 0 Å². The number of aryl methyl sites for hydroxylation is 1. The van der Waals surface area contributed by atoms with Crippen molar-refractivity contribution in [3.63, 3.8) is 0 Å². The number of rotatable bonds is 4. The molecule has 128 valence electrons. The van der Waals surface area contributed by atoms with E-state index in [1.165, 1.54) is 10.7 Å². The predicted octanol–water partition coefficient (Wildman–Crippen LogP) is 3.32. The number of hydrogen-bond acceptors (Lipinski definition) is 5. The summed E-state index contributed by atoms with van der Waals surface area (Å²) in [5.74, 6) is 0.831. The highest BCUT2D eigenvalue weighted by atomic mass is 16.5. The first-order chi connectivity index (χ1) is 12.7. The van der Waals surface area contributed by atoms with Crippen LogP contribution >= 0.6 is 0 Å². The lowest BCUT2D eigenvalue weighted by Gasteiger charge is -2.04. The van der Waals surface area contributed by atoms with Crippen molar-refractivity contribution < 1.29 is 4.52 Å². The van der Waals surface area contributed by atoms with Crippen molar-refractivity contribution >= 4 is 0 Å². The Bertz CT molecular complexity index is 1100. The van der Waals surface area contributed by atoms with Gasteiger partial charge in [-0.25, -0.2) is 4.68 Å². The minimum Gasteiger partial charge on any atom is -0.337 e. The Balaban J connectivity index is 1.63. The minimum absolute atomic E-state index is 0.123. The topological polar surface area (TPSA) is 73.8 Å². The first kappa shape index (κ1) is 16.0. The number of benzene rings is 2. The molecule has 0 saturated heterocycles. The third-order valence-electron chi connectivity index (χ3n) is 3.97. The van der Waals surface area contributed by atoms with E-state index in [0.717, 1.165) is 16.7 Å². The Labute approximate surface area is 149 Å². The van der Waals surface area contributed by atoms with E-state index in [1.54, 1.807) is 6.07 Å². The number of hydrogen-bond donors (Lipinski definition) is 0. The Kier molecular flexibility index (Phi) is 4.15. The molecule has 0 bridgehead atoms. The fourth-order valence-electron chi connectivity index (χ4n) is 2.67. The molecule has 6 nitrogen and oxygen atoms in total. The third-order valence-corrected chi connectivity index (χ3v) is 3.97. The molecule has 0 spiro atoms. The number of aromatic nitrogens is 4. The van der Waals surface area contributed by atoms with Crippen LogP contribution in [0.2, 0.25) is 0 Å². The molecule has 0 N–H and O–H groups in total. The molecule has 26 heavy (non-hydrogen) atoms. The first-order valence-corrected chi connectivity index (χ1v) is 8.22. The van der Waals surface area contributed by atoms with Gasteiger partial charge in [-0.1, -0.05) is 59.3 Å². The summed E-state index contributed by atoms with van der Waals surface area (Å²) in [5, 5.41) is 8.42. The Morgan fingerprint density at radius 3 is 2.58 bits per heavy atom. The summed E-state index contributed by atoms with van der Waals surface area (Å²) in [6.07, 6.45) is 0. The van der Waals surface area contributed by atoms with Crippen LogP contribution in [-0.4, -0.2) is 19.9 Å². The van der Waals surface area contributed by atoms with Gasteiger partial charge in [0.05, 0.1) is 5.69 Å². The molecule has 0 aliphatic heterocycles. The summed E-state index contributed by atoms with van der Waals surface area (Å²) in [4.78, 5) is 16.5. The van der Waals surface area contributed by atoms with Gasteiger partial charge in [-0.3, -0.25) is 4.79 Å². The molecule has 4 aromatic rings. The molecular weight excluding hydrogens is 328 g/mol. The van der Waals surface area contributed by atoms with Crippen LogP contribution in [0.5, 0.6) is 0 Å². The zero-order chi connectivity index (χ0) is 17.9. The van der Waals surface area contributed by atoms with Crippen LogP contribution in [0.15, 0.2) is 76.0 Å². The molecule has 0 amide bonds. The van der Waals surface area contributed by atoms with E-state index in [1.807, 2.05) is 61.5 Å². The molecule has 2 heterocycles. The maximum absolute atomic E-state index is 12.1. The second-order valence-electron chi connectivity index (χ2n) is 5.96. The van der Waals surface area contributed by atoms with Crippen molar-refractivity contribution in [2.75, 3.05) is 0 Å². The normalized spacial score (nSPS) is 10.8. The van der Waals surface area contributed by atoms with E-state index < -0.39 is 0 Å². The van der Waals surface area contributed by atoms with Gasteiger partial charge in [-0.05, 0) is 19.1 Å². The zero-order valence-electron chi connectivity index (χ0n) is 14.2. The Hall–Kier alpha value is -3.54. The number of nitrogens with zero attached hydrogens (tertiary/aromatic N) is 4. The van der Waals surface area contributed by atoms with Crippen LogP contribution in [0.1, 0.15) is 11.5 Å². The van der Waals surface area contributed by atoms with Crippen LogP contribution < -0.4 is 5.56 Å². The van der Waals surface area contributed by atoms with Gasteiger partial charge in [0.2, 0.25) is 11.7 Å². The molecule has 0 unspecified atom stereocenters. The molecule has 0 aliphatic rings. The lowest BCUT2D eigenvalue weighted by molar-refractivity contribution is 0.363. The highest BCUT2D eigenvalue weighted by Gasteiger charge is 2.11. The summed E-state index contributed by atoms with van der Waals surface area (Å²) >= 11 is 0. The van der Waals surface area contributed by atoms with E-state index in [9.17, 15) is 4.79 Å². The fourth-order valence-corrected chi connectivity index (χ4v) is 2.67. The smallest absolute Gasteiger partial charge is 0.267 e. The largest absolute Gasteiger partial charge is 0.337 e. The second kappa shape index (κ2) is 6.76. The first-order valence-electron chi connectivity index (χ1n) is 8.22. The van der Waals surface area contributed by atoms with Gasteiger partial charge in [0.15, 0.2) is 0 Å². The van der Waals surface area contributed by atoms with E-state index in [0.29, 0.717) is 17.4 Å². The van der Waals surface area contributed by atoms with Crippen molar-refractivity contribution in [2.24, 2.45) is 0 Å². The van der Waals surface area contributed by atoms with E-state index in [4.69, 9.17) is 4.52 Å². The van der Waals surface area contributed by atoms with Crippen LogP contribution in [-0.2, 0) is 6.54 Å². The Morgan fingerprint density at radius 1 is 0.962 bits per heavy atom. The minimum atomic E-state index is -0.222. The van der Waals surface area contributed by atoms with Crippen LogP contribution in [0.4, 0.5) is 0 Å². The summed E-state index contributed by atoms with van der Waals surface area (Å²) in [5.41, 5.74) is 3.41. The van der Waals surface area contributed by atoms with Crippen molar-refractivity contribution in [1.82, 2.24) is 19.9 Å². The van der Waals surface area contributed by atoms with E-state index in [2.05, 4.69) is 15.2 Å². The lowest BCUT2D eigenvalue weighted by atomic mass is 10.1. The van der Waals surface area contributed by atoms with Crippen molar-refractivity contribution in [3.8, 4) is 22.6 Å². The molecule has 4 rings (SSSR count). The van der Waals surface area contributed by atoms with Crippen molar-refractivity contribution in [1.29, 1.82) is 0 Å². The van der Waals surface area contributed by atoms with E-state index in [-0.39, 0.29) is 12.1 Å². The molecule has 0 fully saturated rings. The predicted molar refractivity (Wildman–Crippen MR) is 97.5 cm³/mol. The molecule has 0 aliphatic carbocycles. The van der Waals surface area contributed by atoms with Gasteiger partial charge in [0.1, 0.15) is 6.54 Å². The molecule has 6 heteroatoms. The third kappa shape index (κ3) is 3.30. The van der Waals surface area contributed by atoms with Gasteiger partial charge in [0.25, 0.3) is 5.56 Å². The molecule has 0 radical (unpaired) electrons. The average Bonchev–Trinajstić information content (AvgIpc) is 3.13. The molecular formula is C20H16N4O2. The molecule has 2 aromatic heterocycles. The van der Waals surface area contributed by atoms with Crippen LogP contribution in [0, 0.1) is 6.92 Å². The monoisotopic (exact) mass is 344 g/mol.